The first-order chi connectivity index (χ1) is 29.8. The summed E-state index contributed by atoms with van der Waals surface area (Å²) in [5.74, 6) is 0. The van der Waals surface area contributed by atoms with Gasteiger partial charge in [-0.2, -0.15) is 0 Å². The lowest BCUT2D eigenvalue weighted by molar-refractivity contribution is 1.18. The first-order valence-electron chi connectivity index (χ1n) is 20.6. The smallest absolute Gasteiger partial charge is 0.0562 e. The highest BCUT2D eigenvalue weighted by Gasteiger charge is 2.21. The molecule has 60 heavy (non-hydrogen) atoms. The quantitative estimate of drug-likeness (QED) is 0.150. The summed E-state index contributed by atoms with van der Waals surface area (Å²) in [6, 6.07) is 88.0. The topological polar surface area (TPSA) is 8.17 Å². The number of aromatic nitrogens is 1. The van der Waals surface area contributed by atoms with E-state index in [-0.39, 0.29) is 0 Å². The average molecular weight is 765 g/mol. The molecule has 0 aliphatic carbocycles. The summed E-state index contributed by atoms with van der Waals surface area (Å²) in [6.45, 7) is 0. The number of anilines is 3. The molecule has 0 fully saturated rings. The van der Waals surface area contributed by atoms with Crippen LogP contribution in [0.1, 0.15) is 0 Å². The third kappa shape index (κ3) is 6.32. The van der Waals surface area contributed by atoms with Crippen molar-refractivity contribution in [2.75, 3.05) is 4.90 Å². The van der Waals surface area contributed by atoms with Crippen molar-refractivity contribution in [3.05, 3.63) is 243 Å². The number of para-hydroxylation sites is 1. The van der Waals surface area contributed by atoms with Gasteiger partial charge in [0.2, 0.25) is 0 Å². The number of hydrogen-bond acceptors (Lipinski definition) is 1. The van der Waals surface area contributed by atoms with E-state index in [0.29, 0.717) is 0 Å². The number of rotatable bonds is 8. The SMILES string of the molecule is c1ccc(-c2ccc(N(c3ccc(-c4ccccc4)cc3)c3ccc4c5ccccc5n(-c5cc(-c6ccccc6)ccc5-c5cccc6ccccc56)c4c3)cc2)cc1. The van der Waals surface area contributed by atoms with Crippen LogP contribution in [0.2, 0.25) is 0 Å². The highest BCUT2D eigenvalue weighted by atomic mass is 15.1. The van der Waals surface area contributed by atoms with Crippen molar-refractivity contribution in [1.29, 1.82) is 0 Å². The van der Waals surface area contributed by atoms with Crippen LogP contribution in [0.25, 0.3) is 82.8 Å². The van der Waals surface area contributed by atoms with Gasteiger partial charge < -0.3 is 9.47 Å². The van der Waals surface area contributed by atoms with Gasteiger partial charge in [-0.05, 0) is 98.2 Å². The van der Waals surface area contributed by atoms with E-state index in [0.717, 1.165) is 28.3 Å². The molecule has 0 spiro atoms. The van der Waals surface area contributed by atoms with Crippen LogP contribution in [0.15, 0.2) is 243 Å². The van der Waals surface area contributed by atoms with E-state index in [1.807, 2.05) is 0 Å². The second-order valence-electron chi connectivity index (χ2n) is 15.3. The molecule has 1 aromatic heterocycles. The molecule has 0 amide bonds. The summed E-state index contributed by atoms with van der Waals surface area (Å²) in [6.07, 6.45) is 0. The molecular formula is C58H40N2. The van der Waals surface area contributed by atoms with Gasteiger partial charge in [-0.15, -0.1) is 0 Å². The predicted octanol–water partition coefficient (Wildman–Crippen LogP) is 16.1. The molecule has 0 saturated heterocycles. The van der Waals surface area contributed by atoms with Gasteiger partial charge in [0.1, 0.15) is 0 Å². The van der Waals surface area contributed by atoms with Crippen LogP contribution in [0, 0.1) is 0 Å². The zero-order valence-corrected chi connectivity index (χ0v) is 33.0. The maximum Gasteiger partial charge on any atom is 0.0562 e. The van der Waals surface area contributed by atoms with Gasteiger partial charge in [-0.25, -0.2) is 0 Å². The van der Waals surface area contributed by atoms with E-state index >= 15 is 0 Å². The van der Waals surface area contributed by atoms with Crippen LogP contribution >= 0.6 is 0 Å². The molecule has 0 saturated carbocycles. The van der Waals surface area contributed by atoms with Crippen LogP contribution in [-0.2, 0) is 0 Å². The minimum absolute atomic E-state index is 1.08. The largest absolute Gasteiger partial charge is 0.310 e. The number of benzene rings is 10. The van der Waals surface area contributed by atoms with E-state index in [9.17, 15) is 0 Å². The summed E-state index contributed by atoms with van der Waals surface area (Å²) >= 11 is 0. The molecule has 0 atom stereocenters. The molecule has 0 aliphatic rings. The van der Waals surface area contributed by atoms with Gasteiger partial charge in [0, 0.05) is 33.4 Å². The molecule has 2 heteroatoms. The van der Waals surface area contributed by atoms with E-state index in [2.05, 4.69) is 252 Å². The van der Waals surface area contributed by atoms with Crippen molar-refractivity contribution in [2.45, 2.75) is 0 Å². The minimum atomic E-state index is 1.08. The summed E-state index contributed by atoms with van der Waals surface area (Å²) in [4.78, 5) is 2.39. The molecule has 2 nitrogen and oxygen atoms in total. The summed E-state index contributed by atoms with van der Waals surface area (Å²) in [7, 11) is 0. The third-order valence-electron chi connectivity index (χ3n) is 11.8. The van der Waals surface area contributed by atoms with E-state index in [1.54, 1.807) is 0 Å². The minimum Gasteiger partial charge on any atom is -0.310 e. The molecule has 0 bridgehead atoms. The first-order valence-corrected chi connectivity index (χ1v) is 20.6. The van der Waals surface area contributed by atoms with Gasteiger partial charge in [0.25, 0.3) is 0 Å². The molecule has 11 rings (SSSR count). The van der Waals surface area contributed by atoms with Crippen molar-refractivity contribution < 1.29 is 0 Å². The van der Waals surface area contributed by atoms with E-state index in [4.69, 9.17) is 0 Å². The Kier molecular flexibility index (Phi) is 8.87. The maximum absolute atomic E-state index is 2.49. The Morgan fingerprint density at radius 3 is 1.37 bits per heavy atom. The van der Waals surface area contributed by atoms with E-state index in [1.165, 1.54) is 71.6 Å². The maximum atomic E-state index is 2.49. The zero-order chi connectivity index (χ0) is 39.8. The Bertz CT molecular complexity index is 3190. The third-order valence-corrected chi connectivity index (χ3v) is 11.8. The summed E-state index contributed by atoms with van der Waals surface area (Å²) < 4.78 is 2.49. The molecule has 0 N–H and O–H groups in total. The molecular weight excluding hydrogens is 725 g/mol. The first kappa shape index (κ1) is 35.2. The molecule has 0 radical (unpaired) electrons. The van der Waals surface area contributed by atoms with Crippen molar-refractivity contribution in [2.24, 2.45) is 0 Å². The van der Waals surface area contributed by atoms with Crippen LogP contribution in [0.4, 0.5) is 17.1 Å². The van der Waals surface area contributed by atoms with Gasteiger partial charge >= 0.3 is 0 Å². The van der Waals surface area contributed by atoms with Gasteiger partial charge in [-0.3, -0.25) is 0 Å². The second kappa shape index (κ2) is 15.1. The Morgan fingerprint density at radius 1 is 0.267 bits per heavy atom. The highest BCUT2D eigenvalue weighted by Crippen LogP contribution is 2.43. The fourth-order valence-electron chi connectivity index (χ4n) is 8.89. The molecule has 1 heterocycles. The number of nitrogens with zero attached hydrogens (tertiary/aromatic N) is 2. The summed E-state index contributed by atoms with van der Waals surface area (Å²) in [5.41, 5.74) is 16.3. The molecule has 10 aromatic carbocycles. The molecule has 0 aliphatic heterocycles. The van der Waals surface area contributed by atoms with Crippen molar-refractivity contribution >= 4 is 49.6 Å². The summed E-state index contributed by atoms with van der Waals surface area (Å²) in [5, 5.41) is 4.89. The van der Waals surface area contributed by atoms with Crippen LogP contribution < -0.4 is 4.90 Å². The normalized spacial score (nSPS) is 11.3. The standard InChI is InChI=1S/C58H40N2/c1-4-15-41(16-5-1)44-27-32-48(33-28-44)59(49-34-29-45(30-35-49)42-17-6-2-7-18-42)50-36-38-55-53-24-12-13-26-56(53)60(58(55)40-50)57-39-47(43-19-8-3-9-20-43)31-37-54(57)52-25-14-22-46-21-10-11-23-51(46)52/h1-40H. The van der Waals surface area contributed by atoms with Crippen LogP contribution in [-0.4, -0.2) is 4.57 Å². The van der Waals surface area contributed by atoms with Crippen LogP contribution in [0.3, 0.4) is 0 Å². The fraction of sp³-hybridized carbons (Fsp3) is 0. The lowest BCUT2D eigenvalue weighted by Crippen LogP contribution is -2.10. The van der Waals surface area contributed by atoms with Gasteiger partial charge in [-0.1, -0.05) is 194 Å². The number of fused-ring (bicyclic) bond motifs is 4. The Labute approximate surface area is 350 Å². The Hall–Kier alpha value is -7.94. The second-order valence-corrected chi connectivity index (χ2v) is 15.3. The molecule has 11 aromatic rings. The van der Waals surface area contributed by atoms with Crippen molar-refractivity contribution in [1.82, 2.24) is 4.57 Å². The molecule has 0 unspecified atom stereocenters. The highest BCUT2D eigenvalue weighted by molar-refractivity contribution is 6.11. The van der Waals surface area contributed by atoms with Crippen molar-refractivity contribution in [3.8, 4) is 50.2 Å². The average Bonchev–Trinajstić information content (AvgIpc) is 3.66. The lowest BCUT2D eigenvalue weighted by Gasteiger charge is -2.26. The van der Waals surface area contributed by atoms with Crippen molar-refractivity contribution in [3.63, 3.8) is 0 Å². The number of hydrogen-bond donors (Lipinski definition) is 0. The Morgan fingerprint density at radius 2 is 0.733 bits per heavy atom. The fourth-order valence-corrected chi connectivity index (χ4v) is 8.89. The van der Waals surface area contributed by atoms with Crippen LogP contribution in [0.5, 0.6) is 0 Å². The zero-order valence-electron chi connectivity index (χ0n) is 33.0. The predicted molar refractivity (Wildman–Crippen MR) is 255 cm³/mol. The lowest BCUT2D eigenvalue weighted by atomic mass is 9.94. The molecule has 282 valence electrons. The van der Waals surface area contributed by atoms with Gasteiger partial charge in [0.15, 0.2) is 0 Å². The Balaban J connectivity index is 1.15. The van der Waals surface area contributed by atoms with E-state index < -0.39 is 0 Å². The van der Waals surface area contributed by atoms with Gasteiger partial charge in [0.05, 0.1) is 16.7 Å². The monoisotopic (exact) mass is 764 g/mol.